The van der Waals surface area contributed by atoms with Crippen molar-refractivity contribution in [2.45, 2.75) is 84.6 Å². The van der Waals surface area contributed by atoms with E-state index in [0.717, 1.165) is 25.0 Å². The van der Waals surface area contributed by atoms with Gasteiger partial charge in [-0.25, -0.2) is 0 Å². The van der Waals surface area contributed by atoms with E-state index < -0.39 is 0 Å². The zero-order chi connectivity index (χ0) is 17.0. The first kappa shape index (κ1) is 19.0. The molecule has 2 N–H and O–H groups in total. The van der Waals surface area contributed by atoms with Crippen LogP contribution >= 0.6 is 0 Å². The van der Waals surface area contributed by atoms with Crippen LogP contribution in [-0.4, -0.2) is 12.6 Å². The summed E-state index contributed by atoms with van der Waals surface area (Å²) in [7, 11) is 0. The molecule has 2 nitrogen and oxygen atoms in total. The summed E-state index contributed by atoms with van der Waals surface area (Å²) in [5, 5.41) is 0. The minimum atomic E-state index is 0.101. The van der Waals surface area contributed by atoms with E-state index in [0.29, 0.717) is 6.61 Å². The topological polar surface area (TPSA) is 35.2 Å². The quantitative estimate of drug-likeness (QED) is 0.718. The van der Waals surface area contributed by atoms with Gasteiger partial charge in [-0.05, 0) is 41.7 Å². The molecule has 1 atom stereocenters. The second-order valence-corrected chi connectivity index (χ2v) is 7.67. The van der Waals surface area contributed by atoms with Gasteiger partial charge >= 0.3 is 0 Å². The molecule has 1 unspecified atom stereocenters. The Labute approximate surface area is 137 Å². The molecular formula is C20H35NO. The maximum Gasteiger partial charge on any atom is 0.123 e. The van der Waals surface area contributed by atoms with Crippen LogP contribution < -0.4 is 10.5 Å². The minimum absolute atomic E-state index is 0.101. The molecule has 126 valence electrons. The summed E-state index contributed by atoms with van der Waals surface area (Å²) in [4.78, 5) is 0. The summed E-state index contributed by atoms with van der Waals surface area (Å²) in [6, 6.07) is 6.80. The van der Waals surface area contributed by atoms with Crippen molar-refractivity contribution in [3.8, 4) is 5.75 Å². The second-order valence-electron chi connectivity index (χ2n) is 7.67. The number of hydrogen-bond acceptors (Lipinski definition) is 2. The highest BCUT2D eigenvalue weighted by atomic mass is 16.5. The monoisotopic (exact) mass is 305 g/mol. The summed E-state index contributed by atoms with van der Waals surface area (Å²) in [6.07, 6.45) is 3.15. The van der Waals surface area contributed by atoms with Crippen molar-refractivity contribution in [2.75, 3.05) is 6.61 Å². The number of nitrogens with two attached hydrogens (primary N) is 1. The fraction of sp³-hybridized carbons (Fsp3) is 0.700. The van der Waals surface area contributed by atoms with Crippen LogP contribution in [0.2, 0.25) is 0 Å². The average molecular weight is 306 g/mol. The SMILES string of the molecule is CCC(N)COc1ccc(C(C)(C)CC)cc1C(C)(C)CC. The van der Waals surface area contributed by atoms with Crippen LogP contribution in [0.4, 0.5) is 0 Å². The molecule has 1 aromatic rings. The van der Waals surface area contributed by atoms with Gasteiger partial charge in [0.05, 0.1) is 0 Å². The first-order valence-electron chi connectivity index (χ1n) is 8.71. The molecule has 0 saturated heterocycles. The number of rotatable bonds is 8. The maximum atomic E-state index is 6.05. The summed E-state index contributed by atoms with van der Waals surface area (Å²) >= 11 is 0. The second kappa shape index (κ2) is 7.50. The molecule has 0 heterocycles. The van der Waals surface area contributed by atoms with Crippen LogP contribution in [0.5, 0.6) is 5.75 Å². The van der Waals surface area contributed by atoms with Gasteiger partial charge in [0, 0.05) is 11.6 Å². The highest BCUT2D eigenvalue weighted by Gasteiger charge is 2.26. The Morgan fingerprint density at radius 1 is 1.00 bits per heavy atom. The molecule has 0 saturated carbocycles. The molecule has 0 aliphatic carbocycles. The Kier molecular flexibility index (Phi) is 6.49. The molecule has 0 radical (unpaired) electrons. The van der Waals surface area contributed by atoms with Crippen molar-refractivity contribution in [3.05, 3.63) is 29.3 Å². The Balaban J connectivity index is 3.22. The van der Waals surface area contributed by atoms with Crippen molar-refractivity contribution in [1.82, 2.24) is 0 Å². The van der Waals surface area contributed by atoms with Crippen molar-refractivity contribution in [2.24, 2.45) is 5.73 Å². The van der Waals surface area contributed by atoms with Gasteiger partial charge in [-0.2, -0.15) is 0 Å². The van der Waals surface area contributed by atoms with Gasteiger partial charge in [-0.1, -0.05) is 60.6 Å². The molecule has 0 bridgehead atoms. The molecule has 0 fully saturated rings. The average Bonchev–Trinajstić information content (AvgIpc) is 2.52. The van der Waals surface area contributed by atoms with E-state index in [9.17, 15) is 0 Å². The van der Waals surface area contributed by atoms with E-state index in [2.05, 4.69) is 66.7 Å². The smallest absolute Gasteiger partial charge is 0.123 e. The normalized spacial score (nSPS) is 14.0. The fourth-order valence-electron chi connectivity index (χ4n) is 2.31. The number of benzene rings is 1. The summed E-state index contributed by atoms with van der Waals surface area (Å²) in [6.45, 7) is 16.3. The standard InChI is InChI=1S/C20H35NO/c1-8-16(21)14-22-18-12-11-15(19(4,5)9-2)13-17(18)20(6,7)10-3/h11-13,16H,8-10,14,21H2,1-7H3. The highest BCUT2D eigenvalue weighted by molar-refractivity contribution is 5.44. The lowest BCUT2D eigenvalue weighted by Crippen LogP contribution is -2.28. The van der Waals surface area contributed by atoms with Gasteiger partial charge in [0.2, 0.25) is 0 Å². The first-order chi connectivity index (χ1) is 10.2. The Hall–Kier alpha value is -1.02. The van der Waals surface area contributed by atoms with Gasteiger partial charge in [-0.15, -0.1) is 0 Å². The van der Waals surface area contributed by atoms with E-state index in [4.69, 9.17) is 10.5 Å². The molecule has 1 rings (SSSR count). The van der Waals surface area contributed by atoms with Crippen LogP contribution in [0.1, 0.15) is 78.9 Å². The van der Waals surface area contributed by atoms with Gasteiger partial charge in [-0.3, -0.25) is 0 Å². The third-order valence-corrected chi connectivity index (χ3v) is 5.24. The van der Waals surface area contributed by atoms with E-state index in [1.54, 1.807) is 0 Å². The fourth-order valence-corrected chi connectivity index (χ4v) is 2.31. The predicted molar refractivity (Wildman–Crippen MR) is 96.8 cm³/mol. The van der Waals surface area contributed by atoms with E-state index in [-0.39, 0.29) is 16.9 Å². The Morgan fingerprint density at radius 3 is 2.09 bits per heavy atom. The van der Waals surface area contributed by atoms with E-state index in [1.165, 1.54) is 11.1 Å². The number of hydrogen-bond donors (Lipinski definition) is 1. The van der Waals surface area contributed by atoms with Gasteiger partial charge in [0.25, 0.3) is 0 Å². The Bertz CT molecular complexity index is 477. The predicted octanol–water partition coefficient (Wildman–Crippen LogP) is 5.18. The van der Waals surface area contributed by atoms with E-state index >= 15 is 0 Å². The zero-order valence-electron chi connectivity index (χ0n) is 15.6. The summed E-state index contributed by atoms with van der Waals surface area (Å²) < 4.78 is 6.05. The molecule has 22 heavy (non-hydrogen) atoms. The van der Waals surface area contributed by atoms with Crippen LogP contribution in [0.25, 0.3) is 0 Å². The molecule has 1 aromatic carbocycles. The molecular weight excluding hydrogens is 270 g/mol. The van der Waals surface area contributed by atoms with Gasteiger partial charge in [0.1, 0.15) is 12.4 Å². The zero-order valence-corrected chi connectivity index (χ0v) is 15.6. The Morgan fingerprint density at radius 2 is 1.59 bits per heavy atom. The summed E-state index contributed by atoms with van der Waals surface area (Å²) in [5.41, 5.74) is 8.99. The lowest BCUT2D eigenvalue weighted by atomic mass is 9.76. The first-order valence-corrected chi connectivity index (χ1v) is 8.71. The molecule has 0 aliphatic rings. The molecule has 2 heteroatoms. The third kappa shape index (κ3) is 4.49. The lowest BCUT2D eigenvalue weighted by Gasteiger charge is -2.30. The van der Waals surface area contributed by atoms with Crippen molar-refractivity contribution >= 4 is 0 Å². The van der Waals surface area contributed by atoms with Crippen molar-refractivity contribution in [3.63, 3.8) is 0 Å². The molecule has 0 aromatic heterocycles. The van der Waals surface area contributed by atoms with Crippen LogP contribution in [0, 0.1) is 0 Å². The van der Waals surface area contributed by atoms with Crippen LogP contribution in [0.3, 0.4) is 0 Å². The minimum Gasteiger partial charge on any atom is -0.492 e. The van der Waals surface area contributed by atoms with Crippen molar-refractivity contribution < 1.29 is 4.74 Å². The largest absolute Gasteiger partial charge is 0.492 e. The third-order valence-electron chi connectivity index (χ3n) is 5.24. The molecule has 0 spiro atoms. The highest BCUT2D eigenvalue weighted by Crippen LogP contribution is 2.38. The van der Waals surface area contributed by atoms with E-state index in [1.807, 2.05) is 0 Å². The number of ether oxygens (including phenoxy) is 1. The lowest BCUT2D eigenvalue weighted by molar-refractivity contribution is 0.276. The molecule has 0 amide bonds. The van der Waals surface area contributed by atoms with Gasteiger partial charge < -0.3 is 10.5 Å². The van der Waals surface area contributed by atoms with Crippen LogP contribution in [-0.2, 0) is 10.8 Å². The van der Waals surface area contributed by atoms with Crippen molar-refractivity contribution in [1.29, 1.82) is 0 Å². The van der Waals surface area contributed by atoms with Gasteiger partial charge in [0.15, 0.2) is 0 Å². The summed E-state index contributed by atoms with van der Waals surface area (Å²) in [5.74, 6) is 0.992. The maximum absolute atomic E-state index is 6.05. The van der Waals surface area contributed by atoms with Crippen LogP contribution in [0.15, 0.2) is 18.2 Å². The molecule has 0 aliphatic heterocycles.